The summed E-state index contributed by atoms with van der Waals surface area (Å²) < 4.78 is 12.3. The molecule has 35 heavy (non-hydrogen) atoms. The number of pyridine rings is 2. The maximum atomic E-state index is 13.0. The van der Waals surface area contributed by atoms with Gasteiger partial charge in [-0.25, -0.2) is 4.98 Å². The van der Waals surface area contributed by atoms with Gasteiger partial charge in [-0.05, 0) is 50.9 Å². The Bertz CT molecular complexity index is 1350. The summed E-state index contributed by atoms with van der Waals surface area (Å²) in [5, 5.41) is 11.0. The van der Waals surface area contributed by atoms with E-state index in [2.05, 4.69) is 30.7 Å². The number of nitrogens with one attached hydrogen (secondary N) is 2. The van der Waals surface area contributed by atoms with Gasteiger partial charge < -0.3 is 29.4 Å². The minimum Gasteiger partial charge on any atom is -0.480 e. The van der Waals surface area contributed by atoms with Crippen LogP contribution < -0.4 is 20.9 Å². The van der Waals surface area contributed by atoms with Gasteiger partial charge in [0.05, 0.1) is 16.8 Å². The quantitative estimate of drug-likeness (QED) is 0.548. The Kier molecular flexibility index (Phi) is 5.78. The van der Waals surface area contributed by atoms with Gasteiger partial charge in [0, 0.05) is 37.6 Å². The predicted octanol–water partition coefficient (Wildman–Crippen LogP) is 1.62. The number of anilines is 1. The highest BCUT2D eigenvalue weighted by Gasteiger charge is 2.23. The molecule has 0 unspecified atom stereocenters. The molecule has 3 aromatic rings. The third kappa shape index (κ3) is 4.32. The van der Waals surface area contributed by atoms with Crippen molar-refractivity contribution < 1.29 is 14.1 Å². The topological polar surface area (TPSA) is 127 Å². The third-order valence-corrected chi connectivity index (χ3v) is 6.93. The second-order valence-corrected chi connectivity index (χ2v) is 9.16. The van der Waals surface area contributed by atoms with Gasteiger partial charge in [-0.3, -0.25) is 14.6 Å². The van der Waals surface area contributed by atoms with Crippen LogP contribution in [0.1, 0.15) is 30.7 Å². The van der Waals surface area contributed by atoms with Crippen molar-refractivity contribution in [2.75, 3.05) is 31.6 Å². The zero-order chi connectivity index (χ0) is 23.8. The standard InChI is InChI=1S/C24H27N7O4/c32-20-14-34-19-4-3-16(27-23(19)28-20)12-26-15-5-8-30(9-6-15)10-11-31-18-2-1-7-25-21(18)17-13-35-29-22(17)24(31)33/h3-4,7,13,15,26H,1-2,5-6,8-12,14H2,(H,27,28,32). The number of nitrogens with zero attached hydrogens (tertiary/aromatic N) is 5. The molecule has 3 aromatic heterocycles. The molecule has 0 saturated carbocycles. The largest absolute Gasteiger partial charge is 0.480 e. The highest BCUT2D eigenvalue weighted by atomic mass is 16.5. The number of piperidine rings is 1. The van der Waals surface area contributed by atoms with Crippen molar-refractivity contribution in [2.45, 2.75) is 44.8 Å². The lowest BCUT2D eigenvalue weighted by Gasteiger charge is -2.33. The first kappa shape index (κ1) is 21.9. The molecule has 0 atom stereocenters. The minimum absolute atomic E-state index is 0.0325. The zero-order valence-electron chi connectivity index (χ0n) is 19.3. The van der Waals surface area contributed by atoms with Crippen molar-refractivity contribution in [3.05, 3.63) is 40.1 Å². The van der Waals surface area contributed by atoms with Gasteiger partial charge in [0.2, 0.25) is 0 Å². The average molecular weight is 478 g/mol. The first-order chi connectivity index (χ1) is 17.2. The molecule has 0 aliphatic carbocycles. The highest BCUT2D eigenvalue weighted by molar-refractivity contribution is 5.94. The van der Waals surface area contributed by atoms with Crippen molar-refractivity contribution in [1.82, 2.24) is 24.9 Å². The van der Waals surface area contributed by atoms with E-state index in [0.717, 1.165) is 62.4 Å². The number of hydrogen-bond donors (Lipinski definition) is 2. The Morgan fingerprint density at radius 3 is 2.94 bits per heavy atom. The first-order valence-electron chi connectivity index (χ1n) is 12.1. The van der Waals surface area contributed by atoms with Gasteiger partial charge in [0.15, 0.2) is 23.7 Å². The van der Waals surface area contributed by atoms with Gasteiger partial charge in [0.25, 0.3) is 11.5 Å². The minimum atomic E-state index is -0.182. The normalized spacial score (nSPS) is 18.2. The second-order valence-electron chi connectivity index (χ2n) is 9.16. The second kappa shape index (κ2) is 9.23. The summed E-state index contributed by atoms with van der Waals surface area (Å²) in [7, 11) is 0. The molecule has 0 radical (unpaired) electrons. The first-order valence-corrected chi connectivity index (χ1v) is 12.1. The summed E-state index contributed by atoms with van der Waals surface area (Å²) in [4.78, 5) is 36.0. The number of carbonyl (C=O) groups excluding carboxylic acids is 1. The Hall–Kier alpha value is -3.57. The fourth-order valence-electron chi connectivity index (χ4n) is 5.04. The molecular formula is C24H27N7O4. The van der Waals surface area contributed by atoms with Crippen molar-refractivity contribution in [2.24, 2.45) is 4.99 Å². The Morgan fingerprint density at radius 1 is 1.17 bits per heavy atom. The van der Waals surface area contributed by atoms with Crippen LogP contribution in [0.5, 0.6) is 5.75 Å². The van der Waals surface area contributed by atoms with Crippen molar-refractivity contribution in [3.63, 3.8) is 0 Å². The molecule has 11 heteroatoms. The zero-order valence-corrected chi connectivity index (χ0v) is 19.3. The van der Waals surface area contributed by atoms with Gasteiger partial charge in [0.1, 0.15) is 6.26 Å². The SMILES string of the molecule is O=C1COc2ccc(CNC3CCN(CCn4c5c(c6conc6c4=O)N=CCC5)CC3)nc2N1. The van der Waals surface area contributed by atoms with E-state index in [0.29, 0.717) is 41.6 Å². The fraction of sp³-hybridized carbons (Fsp3) is 0.458. The van der Waals surface area contributed by atoms with E-state index in [9.17, 15) is 9.59 Å². The number of amides is 1. The van der Waals surface area contributed by atoms with Gasteiger partial charge in [-0.1, -0.05) is 5.16 Å². The number of likely N-dealkylation sites (tertiary alicyclic amines) is 1. The van der Waals surface area contributed by atoms with E-state index in [1.54, 1.807) is 0 Å². The lowest BCUT2D eigenvalue weighted by atomic mass is 10.0. The third-order valence-electron chi connectivity index (χ3n) is 6.93. The van der Waals surface area contributed by atoms with E-state index < -0.39 is 0 Å². The Balaban J connectivity index is 1.04. The maximum Gasteiger partial charge on any atom is 0.281 e. The van der Waals surface area contributed by atoms with Gasteiger partial charge in [-0.2, -0.15) is 0 Å². The monoisotopic (exact) mass is 477 g/mol. The van der Waals surface area contributed by atoms with Crippen LogP contribution in [-0.4, -0.2) is 64.0 Å². The summed E-state index contributed by atoms with van der Waals surface area (Å²) in [6, 6.07) is 4.17. The molecule has 3 aliphatic rings. The van der Waals surface area contributed by atoms with E-state index in [4.69, 9.17) is 9.26 Å². The van der Waals surface area contributed by atoms with Crippen LogP contribution in [0.4, 0.5) is 11.5 Å². The molecule has 0 aromatic carbocycles. The predicted molar refractivity (Wildman–Crippen MR) is 129 cm³/mol. The van der Waals surface area contributed by atoms with Crippen molar-refractivity contribution in [1.29, 1.82) is 0 Å². The van der Waals surface area contributed by atoms with E-state index in [1.807, 2.05) is 22.9 Å². The van der Waals surface area contributed by atoms with Crippen molar-refractivity contribution >= 4 is 34.5 Å². The number of hydrogen-bond acceptors (Lipinski definition) is 9. The lowest BCUT2D eigenvalue weighted by molar-refractivity contribution is -0.118. The number of carbonyl (C=O) groups is 1. The number of rotatable bonds is 6. The molecule has 6 rings (SSSR count). The fourth-order valence-corrected chi connectivity index (χ4v) is 5.04. The summed E-state index contributed by atoms with van der Waals surface area (Å²) in [5.41, 5.74) is 2.92. The molecule has 3 aliphatic heterocycles. The Morgan fingerprint density at radius 2 is 2.06 bits per heavy atom. The van der Waals surface area contributed by atoms with E-state index in [1.165, 1.54) is 6.26 Å². The van der Waals surface area contributed by atoms with E-state index >= 15 is 0 Å². The number of aromatic nitrogens is 3. The molecule has 1 saturated heterocycles. The van der Waals surface area contributed by atoms with Crippen molar-refractivity contribution in [3.8, 4) is 5.75 Å². The number of ether oxygens (including phenoxy) is 1. The summed E-state index contributed by atoms with van der Waals surface area (Å²) in [5.74, 6) is 0.915. The molecule has 1 amide bonds. The van der Waals surface area contributed by atoms with Crippen LogP contribution in [0.2, 0.25) is 0 Å². The van der Waals surface area contributed by atoms with Crippen LogP contribution in [-0.2, 0) is 24.3 Å². The molecule has 0 bridgehead atoms. The van der Waals surface area contributed by atoms with Gasteiger partial charge in [-0.15, -0.1) is 0 Å². The van der Waals surface area contributed by atoms with Crippen LogP contribution in [0.3, 0.4) is 0 Å². The van der Waals surface area contributed by atoms with Crippen LogP contribution in [0.15, 0.2) is 32.7 Å². The number of fused-ring (bicyclic) bond motifs is 4. The summed E-state index contributed by atoms with van der Waals surface area (Å²) >= 11 is 0. The molecule has 2 N–H and O–H groups in total. The van der Waals surface area contributed by atoms with E-state index in [-0.39, 0.29) is 18.1 Å². The Labute approximate surface area is 201 Å². The smallest absolute Gasteiger partial charge is 0.281 e. The highest BCUT2D eigenvalue weighted by Crippen LogP contribution is 2.31. The molecule has 1 fully saturated rings. The van der Waals surface area contributed by atoms with Crippen LogP contribution in [0.25, 0.3) is 10.9 Å². The lowest BCUT2D eigenvalue weighted by Crippen LogP contribution is -2.44. The summed E-state index contributed by atoms with van der Waals surface area (Å²) in [6.45, 7) is 4.00. The van der Waals surface area contributed by atoms with Gasteiger partial charge >= 0.3 is 0 Å². The average Bonchev–Trinajstić information content (AvgIpc) is 3.38. The molecule has 6 heterocycles. The van der Waals surface area contributed by atoms with Crippen LogP contribution in [0, 0.1) is 0 Å². The maximum absolute atomic E-state index is 13.0. The molecule has 0 spiro atoms. The molecule has 182 valence electrons. The summed E-state index contributed by atoms with van der Waals surface area (Å²) in [6.07, 6.45) is 7.08. The molecular weight excluding hydrogens is 450 g/mol. The van der Waals surface area contributed by atoms with Crippen LogP contribution >= 0.6 is 0 Å². The molecule has 11 nitrogen and oxygen atoms in total. The number of aliphatic imine (C=N–C) groups is 1.